The van der Waals surface area contributed by atoms with E-state index in [4.69, 9.17) is 4.74 Å². The van der Waals surface area contributed by atoms with Crippen LogP contribution in [-0.2, 0) is 4.79 Å². The number of fused-ring (bicyclic) bond motifs is 2. The minimum atomic E-state index is -1.19. The van der Waals surface area contributed by atoms with Crippen LogP contribution in [0.25, 0.3) is 21.8 Å². The van der Waals surface area contributed by atoms with Gasteiger partial charge >= 0.3 is 0 Å². The van der Waals surface area contributed by atoms with Crippen molar-refractivity contribution in [3.8, 4) is 11.8 Å². The van der Waals surface area contributed by atoms with Gasteiger partial charge in [-0.2, -0.15) is 5.26 Å². The maximum absolute atomic E-state index is 13.2. The van der Waals surface area contributed by atoms with Gasteiger partial charge in [-0.1, -0.05) is 38.1 Å². The number of H-pyrrole nitrogens is 2. The molecule has 0 aliphatic rings. The van der Waals surface area contributed by atoms with Crippen LogP contribution in [-0.4, -0.2) is 34.9 Å². The number of aromatic amines is 2. The summed E-state index contributed by atoms with van der Waals surface area (Å²) in [5.74, 6) is -0.318. The molecule has 2 unspecified atom stereocenters. The number of pyridine rings is 1. The maximum Gasteiger partial charge on any atom is 0.268 e. The van der Waals surface area contributed by atoms with Crippen molar-refractivity contribution in [2.75, 3.05) is 7.11 Å². The van der Waals surface area contributed by atoms with Crippen LogP contribution in [0.15, 0.2) is 59.4 Å². The Morgan fingerprint density at radius 3 is 2.50 bits per heavy atom. The molecule has 9 nitrogen and oxygen atoms in total. The number of hydrogen-bond acceptors (Lipinski definition) is 5. The summed E-state index contributed by atoms with van der Waals surface area (Å²) < 4.78 is 5.35. The summed E-state index contributed by atoms with van der Waals surface area (Å²) in [6, 6.07) is 15.8. The van der Waals surface area contributed by atoms with Crippen molar-refractivity contribution in [3.05, 3.63) is 76.2 Å². The SMILES string of the molecule is COc1cccc2[nH]c(C(=O)NC(CC(C)C)C(=O)NC(C#N)c3cc4ccccc4[nH]c3=O)cc12. The average molecular weight is 486 g/mol. The first kappa shape index (κ1) is 24.5. The fraction of sp³-hybridized carbons (Fsp3) is 0.259. The number of methoxy groups -OCH3 is 1. The lowest BCUT2D eigenvalue weighted by Crippen LogP contribution is -2.48. The third kappa shape index (κ3) is 5.08. The predicted molar refractivity (Wildman–Crippen MR) is 137 cm³/mol. The normalized spacial score (nSPS) is 12.8. The summed E-state index contributed by atoms with van der Waals surface area (Å²) >= 11 is 0. The van der Waals surface area contributed by atoms with E-state index < -0.39 is 29.5 Å². The van der Waals surface area contributed by atoms with Crippen molar-refractivity contribution >= 4 is 33.6 Å². The van der Waals surface area contributed by atoms with Gasteiger partial charge < -0.3 is 25.3 Å². The summed E-state index contributed by atoms with van der Waals surface area (Å²) in [4.78, 5) is 44.7. The fourth-order valence-electron chi connectivity index (χ4n) is 4.17. The molecule has 4 aromatic rings. The summed E-state index contributed by atoms with van der Waals surface area (Å²) in [6.07, 6.45) is 0.341. The first-order chi connectivity index (χ1) is 17.3. The highest BCUT2D eigenvalue weighted by Crippen LogP contribution is 2.26. The Kier molecular flexibility index (Phi) is 7.06. The Morgan fingerprint density at radius 1 is 1.03 bits per heavy atom. The van der Waals surface area contributed by atoms with Crippen LogP contribution in [0.3, 0.4) is 0 Å². The van der Waals surface area contributed by atoms with Gasteiger partial charge in [-0.15, -0.1) is 0 Å². The van der Waals surface area contributed by atoms with Gasteiger partial charge in [-0.05, 0) is 48.1 Å². The molecular formula is C27H27N5O4. The van der Waals surface area contributed by atoms with Crippen LogP contribution in [0.4, 0.5) is 0 Å². The number of nitrogens with zero attached hydrogens (tertiary/aromatic N) is 1. The summed E-state index contributed by atoms with van der Waals surface area (Å²) in [5.41, 5.74) is 1.30. The molecule has 0 spiro atoms. The number of nitrogens with one attached hydrogen (secondary N) is 4. The van der Waals surface area contributed by atoms with Gasteiger partial charge in [0.05, 0.1) is 18.7 Å². The second-order valence-corrected chi connectivity index (χ2v) is 8.97. The molecule has 0 saturated heterocycles. The highest BCUT2D eigenvalue weighted by molar-refractivity contribution is 6.01. The second kappa shape index (κ2) is 10.4. The molecule has 0 bridgehead atoms. The zero-order valence-electron chi connectivity index (χ0n) is 20.2. The van der Waals surface area contributed by atoms with Crippen molar-refractivity contribution in [3.63, 3.8) is 0 Å². The monoisotopic (exact) mass is 485 g/mol. The van der Waals surface area contributed by atoms with Crippen LogP contribution in [0.2, 0.25) is 0 Å². The zero-order valence-corrected chi connectivity index (χ0v) is 20.2. The predicted octanol–water partition coefficient (Wildman–Crippen LogP) is 3.54. The number of hydrogen-bond donors (Lipinski definition) is 4. The van der Waals surface area contributed by atoms with Crippen LogP contribution in [0, 0.1) is 17.2 Å². The number of para-hydroxylation sites is 1. The summed E-state index contributed by atoms with van der Waals surface area (Å²) in [6.45, 7) is 3.85. The lowest BCUT2D eigenvalue weighted by atomic mass is 10.0. The number of rotatable bonds is 8. The smallest absolute Gasteiger partial charge is 0.268 e. The lowest BCUT2D eigenvalue weighted by molar-refractivity contribution is -0.123. The molecule has 0 fully saturated rings. The Labute approximate surface area is 207 Å². The van der Waals surface area contributed by atoms with Crippen molar-refractivity contribution in [2.24, 2.45) is 5.92 Å². The average Bonchev–Trinajstić information content (AvgIpc) is 3.31. The molecule has 0 aliphatic heterocycles. The van der Waals surface area contributed by atoms with Gasteiger partial charge in [-0.25, -0.2) is 0 Å². The number of ether oxygens (including phenoxy) is 1. The molecule has 2 atom stereocenters. The summed E-state index contributed by atoms with van der Waals surface area (Å²) in [5, 5.41) is 16.6. The number of carbonyl (C=O) groups excluding carboxylic acids is 2. The molecule has 9 heteroatoms. The third-order valence-corrected chi connectivity index (χ3v) is 5.93. The largest absolute Gasteiger partial charge is 0.496 e. The van der Waals surface area contributed by atoms with Crippen molar-refractivity contribution < 1.29 is 14.3 Å². The zero-order chi connectivity index (χ0) is 25.8. The fourth-order valence-corrected chi connectivity index (χ4v) is 4.17. The molecule has 4 rings (SSSR count). The molecule has 0 saturated carbocycles. The Balaban J connectivity index is 1.57. The Hall–Kier alpha value is -4.58. The van der Waals surface area contributed by atoms with E-state index in [0.717, 1.165) is 16.3 Å². The molecule has 4 N–H and O–H groups in total. The quantitative estimate of drug-likeness (QED) is 0.302. The van der Waals surface area contributed by atoms with Crippen LogP contribution in [0.5, 0.6) is 5.75 Å². The van der Waals surface area contributed by atoms with Gasteiger partial charge in [0, 0.05) is 16.4 Å². The second-order valence-electron chi connectivity index (χ2n) is 8.97. The van der Waals surface area contributed by atoms with Crippen molar-refractivity contribution in [2.45, 2.75) is 32.4 Å². The highest BCUT2D eigenvalue weighted by atomic mass is 16.5. The topological polar surface area (TPSA) is 140 Å². The van der Waals surface area contributed by atoms with Crippen molar-refractivity contribution in [1.29, 1.82) is 5.26 Å². The first-order valence-electron chi connectivity index (χ1n) is 11.6. The highest BCUT2D eigenvalue weighted by Gasteiger charge is 2.27. The van der Waals surface area contributed by atoms with Crippen LogP contribution in [0.1, 0.15) is 42.4 Å². The van der Waals surface area contributed by atoms with Gasteiger partial charge in [0.1, 0.15) is 23.5 Å². The molecule has 0 radical (unpaired) electrons. The molecule has 2 amide bonds. The Bertz CT molecular complexity index is 1530. The van der Waals surface area contributed by atoms with Gasteiger partial charge in [0.25, 0.3) is 11.5 Å². The van der Waals surface area contributed by atoms with E-state index in [2.05, 4.69) is 20.6 Å². The van der Waals surface area contributed by atoms with Crippen molar-refractivity contribution in [1.82, 2.24) is 20.6 Å². The molecule has 2 aromatic carbocycles. The van der Waals surface area contributed by atoms with E-state index in [0.29, 0.717) is 17.7 Å². The van der Waals surface area contributed by atoms with Gasteiger partial charge in [0.2, 0.25) is 5.91 Å². The summed E-state index contributed by atoms with van der Waals surface area (Å²) in [7, 11) is 1.55. The number of nitriles is 1. The number of carbonyl (C=O) groups is 2. The van der Waals surface area contributed by atoms with E-state index in [9.17, 15) is 19.6 Å². The molecule has 36 heavy (non-hydrogen) atoms. The molecule has 2 aromatic heterocycles. The molecule has 2 heterocycles. The maximum atomic E-state index is 13.2. The van der Waals surface area contributed by atoms with Crippen LogP contribution < -0.4 is 20.9 Å². The van der Waals surface area contributed by atoms with Gasteiger partial charge in [-0.3, -0.25) is 14.4 Å². The first-order valence-corrected chi connectivity index (χ1v) is 11.6. The minimum absolute atomic E-state index is 0.0773. The third-order valence-electron chi connectivity index (χ3n) is 5.93. The number of benzene rings is 2. The lowest BCUT2D eigenvalue weighted by Gasteiger charge is -2.21. The molecular weight excluding hydrogens is 458 g/mol. The van der Waals surface area contributed by atoms with E-state index in [1.54, 1.807) is 37.4 Å². The van der Waals surface area contributed by atoms with E-state index in [1.165, 1.54) is 0 Å². The van der Waals surface area contributed by atoms with E-state index in [1.807, 2.05) is 44.2 Å². The molecule has 184 valence electrons. The minimum Gasteiger partial charge on any atom is -0.496 e. The Morgan fingerprint density at radius 2 is 1.78 bits per heavy atom. The van der Waals surface area contributed by atoms with Crippen LogP contribution >= 0.6 is 0 Å². The van der Waals surface area contributed by atoms with Gasteiger partial charge in [0.15, 0.2) is 0 Å². The standard InChI is InChI=1S/C27H27N5O4/c1-15(2)11-21(31-27(35)22-13-17-20(29-22)9-6-10-24(17)36-3)26(34)32-23(14-28)18-12-16-7-4-5-8-19(16)30-25(18)33/h4-10,12-13,15,21,23,29H,11H2,1-3H3,(H,30,33)(H,31,35)(H,32,34). The number of amides is 2. The molecule has 0 aliphatic carbocycles. The van der Waals surface area contributed by atoms with E-state index in [-0.39, 0.29) is 17.2 Å². The number of aromatic nitrogens is 2. The van der Waals surface area contributed by atoms with E-state index >= 15 is 0 Å².